The van der Waals surface area contributed by atoms with Crippen molar-refractivity contribution >= 4 is 34.3 Å². The number of anilines is 1. The van der Waals surface area contributed by atoms with Crippen molar-refractivity contribution in [2.24, 2.45) is 0 Å². The molecule has 0 unspecified atom stereocenters. The molecule has 0 atom stereocenters. The fourth-order valence-electron chi connectivity index (χ4n) is 2.30. The lowest BCUT2D eigenvalue weighted by Crippen LogP contribution is -2.28. The molecule has 0 fully saturated rings. The van der Waals surface area contributed by atoms with Crippen molar-refractivity contribution in [1.29, 1.82) is 0 Å². The van der Waals surface area contributed by atoms with Crippen molar-refractivity contribution in [2.75, 3.05) is 11.6 Å². The van der Waals surface area contributed by atoms with E-state index in [1.165, 1.54) is 18.5 Å². The number of fused-ring (bicyclic) bond motifs is 1. The third-order valence-corrected chi connectivity index (χ3v) is 4.18. The Kier molecular flexibility index (Phi) is 4.61. The molecule has 0 aliphatic carbocycles. The molecule has 1 heterocycles. The molecule has 2 aromatic carbocycles. The normalized spacial score (nSPS) is 10.8. The topological polar surface area (TPSA) is 64.0 Å². The smallest absolute Gasteiger partial charge is 0.261 e. The number of halogens is 1. The molecular weight excluding hydrogens is 329 g/mol. The molecule has 0 radical (unpaired) electrons. The Labute approximate surface area is 141 Å². The van der Waals surface area contributed by atoms with Crippen molar-refractivity contribution in [3.63, 3.8) is 0 Å². The molecule has 0 aliphatic rings. The minimum absolute atomic E-state index is 0.148. The van der Waals surface area contributed by atoms with E-state index in [0.717, 1.165) is 15.5 Å². The third-order valence-electron chi connectivity index (χ3n) is 3.45. The lowest BCUT2D eigenvalue weighted by atomic mass is 10.2. The van der Waals surface area contributed by atoms with Crippen LogP contribution < -0.4 is 10.9 Å². The highest BCUT2D eigenvalue weighted by atomic mass is 32.2. The minimum Gasteiger partial charge on any atom is -0.324 e. The van der Waals surface area contributed by atoms with E-state index < -0.39 is 11.4 Å². The minimum atomic E-state index is -0.516. The summed E-state index contributed by atoms with van der Waals surface area (Å²) in [6, 6.07) is 11.2. The lowest BCUT2D eigenvalue weighted by Gasteiger charge is -2.09. The Hall–Kier alpha value is -2.67. The summed E-state index contributed by atoms with van der Waals surface area (Å²) in [6.45, 7) is -0.193. The Morgan fingerprint density at radius 2 is 2.12 bits per heavy atom. The fraction of sp³-hybridized carbons (Fsp3) is 0.118. The highest BCUT2D eigenvalue weighted by Gasteiger charge is 2.09. The van der Waals surface area contributed by atoms with Gasteiger partial charge in [-0.2, -0.15) is 0 Å². The van der Waals surface area contributed by atoms with Gasteiger partial charge in [0.15, 0.2) is 0 Å². The summed E-state index contributed by atoms with van der Waals surface area (Å²) in [5.41, 5.74) is 0.595. The van der Waals surface area contributed by atoms with E-state index in [1.807, 2.05) is 24.5 Å². The highest BCUT2D eigenvalue weighted by molar-refractivity contribution is 7.98. The first-order valence-electron chi connectivity index (χ1n) is 7.15. The van der Waals surface area contributed by atoms with Crippen LogP contribution in [0.25, 0.3) is 10.9 Å². The second kappa shape index (κ2) is 6.84. The Balaban J connectivity index is 1.82. The van der Waals surface area contributed by atoms with Gasteiger partial charge in [-0.05, 0) is 42.7 Å². The standard InChI is InChI=1S/C17H14FN3O2S/c1-24-13-4-2-3-12(8-13)20-16(22)9-21-10-19-15-6-5-11(18)7-14(15)17(21)23/h2-8,10H,9H2,1H3,(H,20,22). The maximum absolute atomic E-state index is 13.3. The summed E-state index contributed by atoms with van der Waals surface area (Å²) in [6.07, 6.45) is 3.24. The zero-order chi connectivity index (χ0) is 17.1. The predicted octanol–water partition coefficient (Wildman–Crippen LogP) is 2.90. The van der Waals surface area contributed by atoms with Crippen LogP contribution in [0.4, 0.5) is 10.1 Å². The lowest BCUT2D eigenvalue weighted by molar-refractivity contribution is -0.116. The number of carbonyl (C=O) groups is 1. The monoisotopic (exact) mass is 343 g/mol. The van der Waals surface area contributed by atoms with E-state index in [2.05, 4.69) is 10.3 Å². The van der Waals surface area contributed by atoms with Crippen LogP contribution >= 0.6 is 11.8 Å². The maximum atomic E-state index is 13.3. The van der Waals surface area contributed by atoms with Crippen molar-refractivity contribution in [3.8, 4) is 0 Å². The fourth-order valence-corrected chi connectivity index (χ4v) is 2.76. The van der Waals surface area contributed by atoms with Gasteiger partial charge in [0.2, 0.25) is 5.91 Å². The van der Waals surface area contributed by atoms with Gasteiger partial charge in [0.1, 0.15) is 12.4 Å². The molecule has 3 rings (SSSR count). The number of hydrogen-bond acceptors (Lipinski definition) is 4. The molecule has 1 aromatic heterocycles. The first-order chi connectivity index (χ1) is 11.6. The largest absolute Gasteiger partial charge is 0.324 e. The first kappa shape index (κ1) is 16.2. The van der Waals surface area contributed by atoms with Gasteiger partial charge in [0.25, 0.3) is 5.56 Å². The molecule has 0 saturated carbocycles. The molecule has 0 bridgehead atoms. The number of nitrogens with one attached hydrogen (secondary N) is 1. The number of thioether (sulfide) groups is 1. The molecule has 24 heavy (non-hydrogen) atoms. The highest BCUT2D eigenvalue weighted by Crippen LogP contribution is 2.18. The van der Waals surface area contributed by atoms with Gasteiger partial charge in [-0.3, -0.25) is 14.2 Å². The summed E-state index contributed by atoms with van der Waals surface area (Å²) < 4.78 is 14.5. The van der Waals surface area contributed by atoms with Gasteiger partial charge in [-0.25, -0.2) is 9.37 Å². The predicted molar refractivity (Wildman–Crippen MR) is 92.8 cm³/mol. The van der Waals surface area contributed by atoms with E-state index in [0.29, 0.717) is 11.2 Å². The summed E-state index contributed by atoms with van der Waals surface area (Å²) in [4.78, 5) is 29.6. The number of nitrogens with zero attached hydrogens (tertiary/aromatic N) is 2. The molecule has 5 nitrogen and oxygen atoms in total. The van der Waals surface area contributed by atoms with Crippen molar-refractivity contribution in [3.05, 3.63) is 65.0 Å². The average molecular weight is 343 g/mol. The summed E-state index contributed by atoms with van der Waals surface area (Å²) in [5.74, 6) is -0.870. The van der Waals surface area contributed by atoms with Crippen molar-refractivity contribution < 1.29 is 9.18 Å². The number of benzene rings is 2. The molecule has 0 aliphatic heterocycles. The van der Waals surface area contributed by atoms with Crippen molar-refractivity contribution in [2.45, 2.75) is 11.4 Å². The van der Waals surface area contributed by atoms with E-state index in [9.17, 15) is 14.0 Å². The molecule has 3 aromatic rings. The summed E-state index contributed by atoms with van der Waals surface area (Å²) in [7, 11) is 0. The molecule has 7 heteroatoms. The van der Waals surface area contributed by atoms with E-state index in [4.69, 9.17) is 0 Å². The Morgan fingerprint density at radius 3 is 2.92 bits per heavy atom. The van der Waals surface area contributed by atoms with Gasteiger partial charge in [-0.1, -0.05) is 6.07 Å². The molecule has 1 N–H and O–H groups in total. The number of amides is 1. The SMILES string of the molecule is CSc1cccc(NC(=O)Cn2cnc3ccc(F)cc3c2=O)c1. The number of hydrogen-bond donors (Lipinski definition) is 1. The zero-order valence-electron chi connectivity index (χ0n) is 12.8. The van der Waals surface area contributed by atoms with Gasteiger partial charge >= 0.3 is 0 Å². The number of aromatic nitrogens is 2. The number of rotatable bonds is 4. The molecule has 0 spiro atoms. The van der Waals surface area contributed by atoms with E-state index in [-0.39, 0.29) is 17.8 Å². The average Bonchev–Trinajstić information content (AvgIpc) is 2.58. The second-order valence-electron chi connectivity index (χ2n) is 5.12. The van der Waals surface area contributed by atoms with Gasteiger partial charge in [0.05, 0.1) is 17.2 Å². The Bertz CT molecular complexity index is 971. The van der Waals surface area contributed by atoms with Crippen LogP contribution in [-0.4, -0.2) is 21.7 Å². The van der Waals surface area contributed by atoms with Gasteiger partial charge in [-0.15, -0.1) is 11.8 Å². The maximum Gasteiger partial charge on any atom is 0.261 e. The van der Waals surface area contributed by atoms with Crippen LogP contribution in [0.2, 0.25) is 0 Å². The van der Waals surface area contributed by atoms with Crippen LogP contribution in [0, 0.1) is 5.82 Å². The molecule has 0 saturated heterocycles. The summed E-state index contributed by atoms with van der Waals surface area (Å²) in [5, 5.41) is 2.89. The van der Waals surface area contributed by atoms with Crippen LogP contribution in [0.5, 0.6) is 0 Å². The quantitative estimate of drug-likeness (QED) is 0.740. The molecule has 122 valence electrons. The van der Waals surface area contributed by atoms with E-state index >= 15 is 0 Å². The van der Waals surface area contributed by atoms with E-state index in [1.54, 1.807) is 17.8 Å². The first-order valence-corrected chi connectivity index (χ1v) is 8.38. The number of carbonyl (C=O) groups excluding carboxylic acids is 1. The zero-order valence-corrected chi connectivity index (χ0v) is 13.6. The van der Waals surface area contributed by atoms with Crippen LogP contribution in [-0.2, 0) is 11.3 Å². The molecule has 1 amide bonds. The van der Waals surface area contributed by atoms with Crippen LogP contribution in [0.1, 0.15) is 0 Å². The second-order valence-corrected chi connectivity index (χ2v) is 6.00. The van der Waals surface area contributed by atoms with Gasteiger partial charge < -0.3 is 5.32 Å². The molecular formula is C17H14FN3O2S. The third kappa shape index (κ3) is 3.46. The van der Waals surface area contributed by atoms with Crippen LogP contribution in [0.3, 0.4) is 0 Å². The van der Waals surface area contributed by atoms with Crippen LogP contribution in [0.15, 0.2) is 58.5 Å². The van der Waals surface area contributed by atoms with Gasteiger partial charge in [0, 0.05) is 10.6 Å². The summed E-state index contributed by atoms with van der Waals surface area (Å²) >= 11 is 1.57. The Morgan fingerprint density at radius 1 is 1.29 bits per heavy atom. The van der Waals surface area contributed by atoms with Crippen molar-refractivity contribution in [1.82, 2.24) is 9.55 Å².